The number of nitrogens with one attached hydrogen (secondary N) is 3. The molecule has 0 aromatic rings. The van der Waals surface area contributed by atoms with Crippen molar-refractivity contribution in [2.75, 3.05) is 13.6 Å². The molecule has 1 atom stereocenters. The van der Waals surface area contributed by atoms with E-state index in [0.29, 0.717) is 32.2 Å². The van der Waals surface area contributed by atoms with E-state index in [2.05, 4.69) is 16.0 Å². The summed E-state index contributed by atoms with van der Waals surface area (Å²) in [6.07, 6.45) is 1.83. The van der Waals surface area contributed by atoms with Crippen LogP contribution >= 0.6 is 0 Å². The SMILES string of the molecule is CCC(=O)NC(CCCCNC(=O)OC(C)(C)C)C(=O)NC. The van der Waals surface area contributed by atoms with Crippen LogP contribution in [-0.4, -0.2) is 43.1 Å². The Kier molecular flexibility index (Phi) is 9.21. The van der Waals surface area contributed by atoms with Crippen molar-refractivity contribution in [2.45, 2.75) is 65.0 Å². The van der Waals surface area contributed by atoms with Crippen molar-refractivity contribution in [3.8, 4) is 0 Å². The number of rotatable bonds is 8. The lowest BCUT2D eigenvalue weighted by Gasteiger charge is -2.20. The van der Waals surface area contributed by atoms with Crippen molar-refractivity contribution in [3.63, 3.8) is 0 Å². The summed E-state index contributed by atoms with van der Waals surface area (Å²) >= 11 is 0. The molecule has 0 aliphatic rings. The third-order valence-electron chi connectivity index (χ3n) is 2.81. The number of carbonyl (C=O) groups is 3. The van der Waals surface area contributed by atoms with Gasteiger partial charge in [0.1, 0.15) is 11.6 Å². The molecule has 1 unspecified atom stereocenters. The fourth-order valence-electron chi connectivity index (χ4n) is 1.72. The zero-order chi connectivity index (χ0) is 17.2. The zero-order valence-electron chi connectivity index (χ0n) is 14.2. The molecule has 0 aromatic heterocycles. The number of hydrogen-bond acceptors (Lipinski definition) is 4. The van der Waals surface area contributed by atoms with Crippen molar-refractivity contribution in [3.05, 3.63) is 0 Å². The second kappa shape index (κ2) is 10.0. The van der Waals surface area contributed by atoms with Crippen molar-refractivity contribution in [1.29, 1.82) is 0 Å². The van der Waals surface area contributed by atoms with E-state index in [-0.39, 0.29) is 11.8 Å². The second-order valence-corrected chi connectivity index (χ2v) is 6.01. The molecule has 0 aliphatic heterocycles. The minimum Gasteiger partial charge on any atom is -0.444 e. The maximum Gasteiger partial charge on any atom is 0.407 e. The summed E-state index contributed by atoms with van der Waals surface area (Å²) in [6.45, 7) is 7.61. The number of alkyl carbamates (subject to hydrolysis) is 1. The standard InChI is InChI=1S/C15H29N3O4/c1-6-12(19)18-11(13(20)16-5)9-7-8-10-17-14(21)22-15(2,3)4/h11H,6-10H2,1-5H3,(H,16,20)(H,17,21)(H,18,19). The van der Waals surface area contributed by atoms with Gasteiger partial charge < -0.3 is 20.7 Å². The maximum atomic E-state index is 11.7. The summed E-state index contributed by atoms with van der Waals surface area (Å²) in [6, 6.07) is -0.529. The largest absolute Gasteiger partial charge is 0.444 e. The van der Waals surface area contributed by atoms with Gasteiger partial charge in [0.15, 0.2) is 0 Å². The third kappa shape index (κ3) is 10.0. The summed E-state index contributed by atoms with van der Waals surface area (Å²) in [7, 11) is 1.54. The average Bonchev–Trinajstić information content (AvgIpc) is 2.42. The minimum absolute atomic E-state index is 0.152. The Balaban J connectivity index is 4.01. The Morgan fingerprint density at radius 3 is 2.27 bits per heavy atom. The Morgan fingerprint density at radius 2 is 1.77 bits per heavy atom. The van der Waals surface area contributed by atoms with E-state index in [1.165, 1.54) is 7.05 Å². The molecule has 0 fully saturated rings. The van der Waals surface area contributed by atoms with Crippen LogP contribution in [0.2, 0.25) is 0 Å². The molecule has 0 heterocycles. The van der Waals surface area contributed by atoms with Crippen molar-refractivity contribution in [1.82, 2.24) is 16.0 Å². The highest BCUT2D eigenvalue weighted by Crippen LogP contribution is 2.06. The minimum atomic E-state index is -0.529. The number of ether oxygens (including phenoxy) is 1. The lowest BCUT2D eigenvalue weighted by molar-refractivity contribution is -0.128. The van der Waals surface area contributed by atoms with Gasteiger partial charge >= 0.3 is 6.09 Å². The van der Waals surface area contributed by atoms with E-state index >= 15 is 0 Å². The van der Waals surface area contributed by atoms with Gasteiger partial charge in [-0.25, -0.2) is 4.79 Å². The molecule has 0 radical (unpaired) electrons. The van der Waals surface area contributed by atoms with E-state index in [1.54, 1.807) is 27.7 Å². The fourth-order valence-corrected chi connectivity index (χ4v) is 1.72. The highest BCUT2D eigenvalue weighted by molar-refractivity contribution is 5.87. The van der Waals surface area contributed by atoms with Crippen LogP contribution < -0.4 is 16.0 Å². The summed E-state index contributed by atoms with van der Waals surface area (Å²) in [5, 5.41) is 7.88. The second-order valence-electron chi connectivity index (χ2n) is 6.01. The highest BCUT2D eigenvalue weighted by atomic mass is 16.6. The first-order chi connectivity index (χ1) is 10.2. The van der Waals surface area contributed by atoms with Crippen LogP contribution in [0.5, 0.6) is 0 Å². The lowest BCUT2D eigenvalue weighted by atomic mass is 10.1. The molecule has 3 N–H and O–H groups in total. The van der Waals surface area contributed by atoms with Crippen LogP contribution in [-0.2, 0) is 14.3 Å². The molecule has 0 aromatic carbocycles. The number of carbonyl (C=O) groups excluding carboxylic acids is 3. The highest BCUT2D eigenvalue weighted by Gasteiger charge is 2.18. The van der Waals surface area contributed by atoms with Gasteiger partial charge in [0.25, 0.3) is 0 Å². The third-order valence-corrected chi connectivity index (χ3v) is 2.81. The van der Waals surface area contributed by atoms with Gasteiger partial charge in [0.2, 0.25) is 11.8 Å². The van der Waals surface area contributed by atoms with Gasteiger partial charge in [-0.15, -0.1) is 0 Å². The molecule has 0 saturated heterocycles. The van der Waals surface area contributed by atoms with E-state index in [9.17, 15) is 14.4 Å². The smallest absolute Gasteiger partial charge is 0.407 e. The first-order valence-corrected chi connectivity index (χ1v) is 7.67. The molecule has 0 bridgehead atoms. The van der Waals surface area contributed by atoms with Crippen LogP contribution in [0, 0.1) is 0 Å². The number of likely N-dealkylation sites (N-methyl/N-ethyl adjacent to an activating group) is 1. The number of hydrogen-bond donors (Lipinski definition) is 3. The Bertz CT molecular complexity index is 377. The molecule has 0 aliphatic carbocycles. The predicted octanol–water partition coefficient (Wildman–Crippen LogP) is 1.32. The van der Waals surface area contributed by atoms with E-state index in [4.69, 9.17) is 4.74 Å². The van der Waals surface area contributed by atoms with Crippen LogP contribution in [0.1, 0.15) is 53.4 Å². The molecule has 7 heteroatoms. The van der Waals surface area contributed by atoms with Gasteiger partial charge in [-0.3, -0.25) is 9.59 Å². The van der Waals surface area contributed by atoms with Crippen molar-refractivity contribution >= 4 is 17.9 Å². The zero-order valence-corrected chi connectivity index (χ0v) is 14.2. The van der Waals surface area contributed by atoms with Crippen molar-refractivity contribution in [2.24, 2.45) is 0 Å². The van der Waals surface area contributed by atoms with Crippen LogP contribution in [0.3, 0.4) is 0 Å². The summed E-state index contributed by atoms with van der Waals surface area (Å²) < 4.78 is 5.12. The predicted molar refractivity (Wildman–Crippen MR) is 84.4 cm³/mol. The van der Waals surface area contributed by atoms with Crippen LogP contribution in [0.15, 0.2) is 0 Å². The topological polar surface area (TPSA) is 96.5 Å². The lowest BCUT2D eigenvalue weighted by Crippen LogP contribution is -2.45. The number of amides is 3. The Labute approximate surface area is 132 Å². The molecule has 0 saturated carbocycles. The Morgan fingerprint density at radius 1 is 1.14 bits per heavy atom. The summed E-state index contributed by atoms with van der Waals surface area (Å²) in [5.41, 5.74) is -0.515. The molecular formula is C15H29N3O4. The Hall–Kier alpha value is -1.79. The van der Waals surface area contributed by atoms with Gasteiger partial charge in [-0.05, 0) is 40.0 Å². The van der Waals surface area contributed by atoms with Gasteiger partial charge in [0.05, 0.1) is 0 Å². The summed E-state index contributed by atoms with van der Waals surface area (Å²) in [5.74, 6) is -0.359. The van der Waals surface area contributed by atoms with Gasteiger partial charge in [-0.2, -0.15) is 0 Å². The molecule has 3 amide bonds. The first-order valence-electron chi connectivity index (χ1n) is 7.67. The number of unbranched alkanes of at least 4 members (excludes halogenated alkanes) is 1. The molecule has 0 rings (SSSR count). The van der Waals surface area contributed by atoms with E-state index in [1.807, 2.05) is 0 Å². The quantitative estimate of drug-likeness (QED) is 0.589. The molecule has 7 nitrogen and oxygen atoms in total. The van der Waals surface area contributed by atoms with E-state index in [0.717, 1.165) is 0 Å². The van der Waals surface area contributed by atoms with E-state index < -0.39 is 17.7 Å². The fraction of sp³-hybridized carbons (Fsp3) is 0.800. The van der Waals surface area contributed by atoms with Crippen LogP contribution in [0.4, 0.5) is 4.79 Å². The summed E-state index contributed by atoms with van der Waals surface area (Å²) in [4.78, 5) is 34.5. The first kappa shape index (κ1) is 20.2. The van der Waals surface area contributed by atoms with Crippen LogP contribution in [0.25, 0.3) is 0 Å². The maximum absolute atomic E-state index is 11.7. The van der Waals surface area contributed by atoms with Crippen molar-refractivity contribution < 1.29 is 19.1 Å². The van der Waals surface area contributed by atoms with Gasteiger partial charge in [0, 0.05) is 20.0 Å². The average molecular weight is 315 g/mol. The van der Waals surface area contributed by atoms with Gasteiger partial charge in [-0.1, -0.05) is 6.92 Å². The monoisotopic (exact) mass is 315 g/mol. The molecule has 128 valence electrons. The molecular weight excluding hydrogens is 286 g/mol. The molecule has 0 spiro atoms. The molecule has 22 heavy (non-hydrogen) atoms. The normalized spacial score (nSPS) is 12.2.